The molecule has 3 aromatic rings. The van der Waals surface area contributed by atoms with Crippen molar-refractivity contribution in [3.63, 3.8) is 0 Å². The first-order chi connectivity index (χ1) is 26.5. The minimum atomic E-state index is -2.02. The average Bonchev–Trinajstić information content (AvgIpc) is 3.15. The molecule has 0 spiro atoms. The van der Waals surface area contributed by atoms with Gasteiger partial charge >= 0.3 is 5.97 Å². The summed E-state index contributed by atoms with van der Waals surface area (Å²) in [6.07, 6.45) is -25.8. The second-order valence-corrected chi connectivity index (χ2v) is 13.5. The Morgan fingerprint density at radius 2 is 1.36 bits per heavy atom. The van der Waals surface area contributed by atoms with Gasteiger partial charge in [-0.3, -0.25) is 9.59 Å². The van der Waals surface area contributed by atoms with Crippen molar-refractivity contribution in [3.05, 3.63) is 46.6 Å². The lowest BCUT2D eigenvalue weighted by Gasteiger charge is -2.47. The standard InChI is InChI=1S/C35H42O21/c1-11-21(41)30(55-33-27(47)25(45)22(42)18(9-36)53-33)32(51-12(2)37)35(50-11)49-10-19-23(43)26(46)28(48)34(54-19)56-31-24(44)20-16(40)7-15(39)8-17(20)52-29(31)13-3-5-14(38)6-4-13/h3-8,11,18-19,21-23,25-28,30,32-36,38-43,45-48H,9-10H2,1-2H3/t11-,18+,19+,21-,22+,23-,25-,26-,27+,28+,30+,32+,33-,34-,35+/m0/s1. The SMILES string of the molecule is CC(=O)O[C@H]1[C@H](OC[C@H]2O[C@@H](Oc3c(-c4ccc(O)cc4)oc4cc(O)cc(O)c4c3=O)[C@H](O)[C@@H](O)[C@H]2O)O[C@@H](C)[C@H](O)[C@H]1O[C@@H]1O[C@H](CO)[C@@H](O)[C@H](O)[C@H]1O. The number of aromatic hydroxyl groups is 3. The van der Waals surface area contributed by atoms with Crippen molar-refractivity contribution < 1.29 is 98.5 Å². The number of fused-ring (bicyclic) bond motifs is 1. The Labute approximate surface area is 315 Å². The van der Waals surface area contributed by atoms with E-state index >= 15 is 0 Å². The third kappa shape index (κ3) is 8.13. The van der Waals surface area contributed by atoms with Crippen LogP contribution in [-0.2, 0) is 33.2 Å². The highest BCUT2D eigenvalue weighted by molar-refractivity contribution is 5.88. The van der Waals surface area contributed by atoms with E-state index in [1.54, 1.807) is 0 Å². The van der Waals surface area contributed by atoms with Gasteiger partial charge in [-0.15, -0.1) is 0 Å². The molecule has 0 saturated carbocycles. The van der Waals surface area contributed by atoms with Crippen LogP contribution in [-0.4, -0.2) is 167 Å². The van der Waals surface area contributed by atoms with E-state index in [1.165, 1.54) is 31.2 Å². The van der Waals surface area contributed by atoms with E-state index in [9.17, 15) is 65.8 Å². The smallest absolute Gasteiger partial charge is 0.303 e. The van der Waals surface area contributed by atoms with Crippen molar-refractivity contribution in [2.24, 2.45) is 0 Å². The van der Waals surface area contributed by atoms with E-state index in [-0.39, 0.29) is 22.7 Å². The predicted molar refractivity (Wildman–Crippen MR) is 181 cm³/mol. The third-order valence-electron chi connectivity index (χ3n) is 9.57. The van der Waals surface area contributed by atoms with Gasteiger partial charge < -0.3 is 93.7 Å². The third-order valence-corrected chi connectivity index (χ3v) is 9.57. The summed E-state index contributed by atoms with van der Waals surface area (Å²) in [5.74, 6) is -3.16. The number of esters is 1. The molecule has 1 aromatic heterocycles. The Morgan fingerprint density at radius 1 is 0.732 bits per heavy atom. The van der Waals surface area contributed by atoms with Crippen LogP contribution < -0.4 is 10.2 Å². The summed E-state index contributed by atoms with van der Waals surface area (Å²) in [6, 6.07) is 7.14. The molecule has 3 saturated heterocycles. The number of phenolic OH excluding ortho intramolecular Hbond substituents is 3. The van der Waals surface area contributed by atoms with Crippen LogP contribution in [0.25, 0.3) is 22.3 Å². The first-order valence-corrected chi connectivity index (χ1v) is 17.3. The molecule has 2 aromatic carbocycles. The van der Waals surface area contributed by atoms with Gasteiger partial charge in [-0.1, -0.05) is 0 Å². The maximum atomic E-state index is 13.8. The first-order valence-electron chi connectivity index (χ1n) is 17.3. The number of aliphatic hydroxyl groups excluding tert-OH is 8. The second-order valence-electron chi connectivity index (χ2n) is 13.5. The molecule has 15 atom stereocenters. The van der Waals surface area contributed by atoms with Crippen molar-refractivity contribution in [2.75, 3.05) is 13.2 Å². The van der Waals surface area contributed by atoms with E-state index in [2.05, 4.69) is 0 Å². The van der Waals surface area contributed by atoms with E-state index in [1.807, 2.05) is 0 Å². The topological polar surface area (TPSA) is 334 Å². The quantitative estimate of drug-likeness (QED) is 0.0911. The summed E-state index contributed by atoms with van der Waals surface area (Å²) in [5, 5.41) is 114. The van der Waals surface area contributed by atoms with Crippen LogP contribution >= 0.6 is 0 Å². The molecule has 4 heterocycles. The van der Waals surface area contributed by atoms with Crippen molar-refractivity contribution in [1.82, 2.24) is 0 Å². The molecule has 21 heteroatoms. The fraction of sp³-hybridized carbons (Fsp3) is 0.543. The van der Waals surface area contributed by atoms with Crippen molar-refractivity contribution in [1.29, 1.82) is 0 Å². The molecule has 0 radical (unpaired) electrons. The molecule has 11 N–H and O–H groups in total. The molecule has 56 heavy (non-hydrogen) atoms. The summed E-state index contributed by atoms with van der Waals surface area (Å²) in [6.45, 7) is 0.880. The van der Waals surface area contributed by atoms with Crippen LogP contribution in [0.2, 0.25) is 0 Å². The lowest BCUT2D eigenvalue weighted by atomic mass is 9.97. The van der Waals surface area contributed by atoms with Crippen molar-refractivity contribution in [2.45, 2.75) is 106 Å². The van der Waals surface area contributed by atoms with Gasteiger partial charge in [-0.2, -0.15) is 0 Å². The van der Waals surface area contributed by atoms with Crippen LogP contribution in [0.3, 0.4) is 0 Å². The molecule has 0 bridgehead atoms. The zero-order valence-electron chi connectivity index (χ0n) is 29.5. The summed E-state index contributed by atoms with van der Waals surface area (Å²) in [4.78, 5) is 26.0. The highest BCUT2D eigenvalue weighted by Crippen LogP contribution is 2.38. The Hall–Kier alpha value is -4.20. The minimum Gasteiger partial charge on any atom is -0.508 e. The van der Waals surface area contributed by atoms with E-state index in [0.717, 1.165) is 19.1 Å². The highest BCUT2D eigenvalue weighted by atomic mass is 16.8. The molecule has 3 fully saturated rings. The number of rotatable bonds is 10. The van der Waals surface area contributed by atoms with Gasteiger partial charge in [0, 0.05) is 24.6 Å². The average molecular weight is 799 g/mol. The van der Waals surface area contributed by atoms with Crippen LogP contribution in [0.1, 0.15) is 13.8 Å². The van der Waals surface area contributed by atoms with Crippen LogP contribution in [0.15, 0.2) is 45.6 Å². The molecule has 3 aliphatic rings. The fourth-order valence-corrected chi connectivity index (χ4v) is 6.56. The largest absolute Gasteiger partial charge is 0.508 e. The number of hydrogen-bond acceptors (Lipinski definition) is 21. The molecule has 308 valence electrons. The molecular weight excluding hydrogens is 756 g/mol. The van der Waals surface area contributed by atoms with Gasteiger partial charge in [0.2, 0.25) is 17.5 Å². The van der Waals surface area contributed by atoms with Gasteiger partial charge in [0.25, 0.3) is 0 Å². The number of ether oxygens (including phenoxy) is 7. The number of aliphatic hydroxyl groups is 8. The highest BCUT2D eigenvalue weighted by Gasteiger charge is 2.53. The maximum Gasteiger partial charge on any atom is 0.303 e. The van der Waals surface area contributed by atoms with Crippen LogP contribution in [0.5, 0.6) is 23.0 Å². The van der Waals surface area contributed by atoms with E-state index in [4.69, 9.17) is 37.6 Å². The Kier molecular flexibility index (Phi) is 12.4. The van der Waals surface area contributed by atoms with Gasteiger partial charge in [0.15, 0.2) is 24.4 Å². The molecule has 21 nitrogen and oxygen atoms in total. The zero-order valence-corrected chi connectivity index (χ0v) is 29.5. The predicted octanol–water partition coefficient (Wildman–Crippen LogP) is -3.00. The molecule has 0 aliphatic carbocycles. The van der Waals surface area contributed by atoms with Crippen molar-refractivity contribution >= 4 is 16.9 Å². The van der Waals surface area contributed by atoms with Gasteiger partial charge in [-0.25, -0.2) is 0 Å². The Balaban J connectivity index is 1.26. The number of carbonyl (C=O) groups is 1. The van der Waals surface area contributed by atoms with Gasteiger partial charge in [0.05, 0.1) is 19.3 Å². The summed E-state index contributed by atoms with van der Waals surface area (Å²) in [7, 11) is 0. The monoisotopic (exact) mass is 798 g/mol. The summed E-state index contributed by atoms with van der Waals surface area (Å²) < 4.78 is 45.5. The lowest BCUT2D eigenvalue weighted by Crippen LogP contribution is -2.65. The second kappa shape index (κ2) is 16.7. The van der Waals surface area contributed by atoms with Gasteiger partial charge in [-0.05, 0) is 31.2 Å². The van der Waals surface area contributed by atoms with Crippen LogP contribution in [0.4, 0.5) is 0 Å². The van der Waals surface area contributed by atoms with E-state index in [0.29, 0.717) is 0 Å². The summed E-state index contributed by atoms with van der Waals surface area (Å²) in [5.41, 5.74) is -1.13. The molecular formula is C35H42O21. The van der Waals surface area contributed by atoms with Crippen molar-refractivity contribution in [3.8, 4) is 34.3 Å². The maximum absolute atomic E-state index is 13.8. The molecule has 0 amide bonds. The van der Waals surface area contributed by atoms with Crippen LogP contribution in [0, 0.1) is 0 Å². The summed E-state index contributed by atoms with van der Waals surface area (Å²) >= 11 is 0. The first kappa shape index (κ1) is 41.4. The number of benzene rings is 2. The number of phenols is 3. The lowest BCUT2D eigenvalue weighted by molar-refractivity contribution is -0.361. The molecule has 6 rings (SSSR count). The molecule has 3 aliphatic heterocycles. The van der Waals surface area contributed by atoms with Gasteiger partial charge in [0.1, 0.15) is 89.3 Å². The van der Waals surface area contributed by atoms with E-state index < -0.39 is 139 Å². The zero-order chi connectivity index (χ0) is 40.7. The normalized spacial score (nSPS) is 36.3. The number of hydrogen-bond donors (Lipinski definition) is 11. The minimum absolute atomic E-state index is 0.144. The Bertz CT molecular complexity index is 1900. The fourth-order valence-electron chi connectivity index (χ4n) is 6.56. The Morgan fingerprint density at radius 3 is 2.00 bits per heavy atom. The molecule has 0 unspecified atom stereocenters. The number of carbonyl (C=O) groups excluding carboxylic acids is 1.